The monoisotopic (exact) mass is 179 g/mol. The van der Waals surface area contributed by atoms with Crippen molar-refractivity contribution in [2.24, 2.45) is 5.41 Å². The smallest absolute Gasteiger partial charge is 0.312 e. The molecule has 3 heteroatoms. The molecule has 0 saturated heterocycles. The van der Waals surface area contributed by atoms with Crippen molar-refractivity contribution in [1.29, 1.82) is 0 Å². The van der Waals surface area contributed by atoms with E-state index in [-0.39, 0.29) is 11.4 Å². The molecule has 1 aromatic heterocycles. The number of ether oxygens (including phenoxy) is 1. The Morgan fingerprint density at radius 3 is 2.92 bits per heavy atom. The highest BCUT2D eigenvalue weighted by Gasteiger charge is 2.50. The van der Waals surface area contributed by atoms with Gasteiger partial charge in [-0.15, -0.1) is 0 Å². The van der Waals surface area contributed by atoms with Gasteiger partial charge in [0.15, 0.2) is 0 Å². The molecule has 0 unspecified atom stereocenters. The molecule has 1 N–H and O–H groups in total. The van der Waals surface area contributed by atoms with Crippen molar-refractivity contribution in [2.75, 3.05) is 7.11 Å². The minimum absolute atomic E-state index is 0.0614. The lowest BCUT2D eigenvalue weighted by molar-refractivity contribution is -0.147. The fraction of sp³-hybridized carbons (Fsp3) is 0.500. The van der Waals surface area contributed by atoms with Crippen LogP contribution in [-0.2, 0) is 16.0 Å². The summed E-state index contributed by atoms with van der Waals surface area (Å²) in [5, 5.41) is 0. The number of methoxy groups -OCH3 is 1. The quantitative estimate of drug-likeness (QED) is 0.714. The summed E-state index contributed by atoms with van der Waals surface area (Å²) in [7, 11) is 1.46. The average Bonchev–Trinajstić information content (AvgIpc) is 2.73. The van der Waals surface area contributed by atoms with Gasteiger partial charge >= 0.3 is 5.97 Å². The van der Waals surface area contributed by atoms with Gasteiger partial charge in [0.05, 0.1) is 12.5 Å². The van der Waals surface area contributed by atoms with Crippen LogP contribution in [0, 0.1) is 5.41 Å². The molecule has 1 saturated carbocycles. The number of rotatable bonds is 3. The highest BCUT2D eigenvalue weighted by molar-refractivity contribution is 5.80. The molecule has 1 aromatic rings. The molecule has 0 aliphatic heterocycles. The Labute approximate surface area is 77.1 Å². The molecule has 1 heterocycles. The summed E-state index contributed by atoms with van der Waals surface area (Å²) < 4.78 is 4.78. The number of aromatic amines is 1. The molecule has 1 fully saturated rings. The van der Waals surface area contributed by atoms with E-state index < -0.39 is 0 Å². The number of hydrogen-bond donors (Lipinski definition) is 1. The first-order valence-electron chi connectivity index (χ1n) is 4.47. The SMILES string of the molecule is COC(=O)C1(Cc2cc[nH]c2)CC1. The lowest BCUT2D eigenvalue weighted by Crippen LogP contribution is -2.19. The fourth-order valence-electron chi connectivity index (χ4n) is 1.68. The first-order valence-corrected chi connectivity index (χ1v) is 4.47. The Balaban J connectivity index is 2.06. The molecule has 70 valence electrons. The minimum Gasteiger partial charge on any atom is -0.469 e. The van der Waals surface area contributed by atoms with Crippen LogP contribution in [0.2, 0.25) is 0 Å². The lowest BCUT2D eigenvalue weighted by atomic mass is 9.99. The van der Waals surface area contributed by atoms with E-state index >= 15 is 0 Å². The standard InChI is InChI=1S/C10H13NO2/c1-13-9(12)10(3-4-10)6-8-2-5-11-7-8/h2,5,7,11H,3-4,6H2,1H3. The van der Waals surface area contributed by atoms with Crippen LogP contribution in [0.3, 0.4) is 0 Å². The molecule has 3 nitrogen and oxygen atoms in total. The number of nitrogens with one attached hydrogen (secondary N) is 1. The van der Waals surface area contributed by atoms with Crippen molar-refractivity contribution >= 4 is 5.97 Å². The van der Waals surface area contributed by atoms with Crippen LogP contribution in [0.25, 0.3) is 0 Å². The maximum absolute atomic E-state index is 11.4. The zero-order chi connectivity index (χ0) is 9.31. The van der Waals surface area contributed by atoms with Crippen LogP contribution in [0.1, 0.15) is 18.4 Å². The number of H-pyrrole nitrogens is 1. The van der Waals surface area contributed by atoms with E-state index in [9.17, 15) is 4.79 Å². The van der Waals surface area contributed by atoms with Gasteiger partial charge in [-0.3, -0.25) is 4.79 Å². The van der Waals surface area contributed by atoms with Crippen LogP contribution < -0.4 is 0 Å². The van der Waals surface area contributed by atoms with E-state index in [0.717, 1.165) is 19.3 Å². The van der Waals surface area contributed by atoms with Crippen molar-refractivity contribution in [2.45, 2.75) is 19.3 Å². The number of aromatic nitrogens is 1. The van der Waals surface area contributed by atoms with Crippen molar-refractivity contribution in [3.8, 4) is 0 Å². The Bertz CT molecular complexity index is 299. The highest BCUT2D eigenvalue weighted by atomic mass is 16.5. The molecule has 1 aliphatic rings. The normalized spacial score (nSPS) is 18.2. The number of esters is 1. The summed E-state index contributed by atoms with van der Waals surface area (Å²) >= 11 is 0. The second-order valence-corrected chi connectivity index (χ2v) is 3.67. The van der Waals surface area contributed by atoms with Crippen LogP contribution in [-0.4, -0.2) is 18.1 Å². The van der Waals surface area contributed by atoms with Gasteiger partial charge in [-0.25, -0.2) is 0 Å². The fourth-order valence-corrected chi connectivity index (χ4v) is 1.68. The Morgan fingerprint density at radius 2 is 2.46 bits per heavy atom. The summed E-state index contributed by atoms with van der Waals surface area (Å²) in [5.41, 5.74) is 0.986. The third-order valence-electron chi connectivity index (χ3n) is 2.68. The molecule has 0 amide bonds. The van der Waals surface area contributed by atoms with E-state index in [1.807, 2.05) is 18.5 Å². The maximum atomic E-state index is 11.4. The average molecular weight is 179 g/mol. The number of carbonyl (C=O) groups excluding carboxylic acids is 1. The van der Waals surface area contributed by atoms with Crippen LogP contribution in [0.5, 0.6) is 0 Å². The molecule has 0 atom stereocenters. The molecule has 0 bridgehead atoms. The third-order valence-corrected chi connectivity index (χ3v) is 2.68. The van der Waals surface area contributed by atoms with Gasteiger partial charge in [0.1, 0.15) is 0 Å². The molecule has 0 spiro atoms. The molecule has 0 radical (unpaired) electrons. The first kappa shape index (κ1) is 8.35. The van der Waals surface area contributed by atoms with Gasteiger partial charge in [-0.2, -0.15) is 0 Å². The van der Waals surface area contributed by atoms with Crippen molar-refractivity contribution in [1.82, 2.24) is 4.98 Å². The van der Waals surface area contributed by atoms with Crippen molar-refractivity contribution < 1.29 is 9.53 Å². The lowest BCUT2D eigenvalue weighted by Gasteiger charge is -2.10. The highest BCUT2D eigenvalue weighted by Crippen LogP contribution is 2.49. The van der Waals surface area contributed by atoms with E-state index in [2.05, 4.69) is 4.98 Å². The van der Waals surface area contributed by atoms with Gasteiger partial charge in [0.2, 0.25) is 0 Å². The minimum atomic E-state index is -0.197. The van der Waals surface area contributed by atoms with Crippen molar-refractivity contribution in [3.05, 3.63) is 24.0 Å². The Hall–Kier alpha value is -1.25. The second kappa shape index (κ2) is 2.91. The topological polar surface area (TPSA) is 42.1 Å². The Kier molecular flexibility index (Phi) is 1.87. The Morgan fingerprint density at radius 1 is 1.69 bits per heavy atom. The molecule has 13 heavy (non-hydrogen) atoms. The van der Waals surface area contributed by atoms with Gasteiger partial charge in [0.25, 0.3) is 0 Å². The third kappa shape index (κ3) is 1.46. The summed E-state index contributed by atoms with van der Waals surface area (Å²) in [6.07, 6.45) is 6.55. The van der Waals surface area contributed by atoms with E-state index in [1.165, 1.54) is 12.7 Å². The van der Waals surface area contributed by atoms with Crippen LogP contribution in [0.15, 0.2) is 18.5 Å². The van der Waals surface area contributed by atoms with Gasteiger partial charge < -0.3 is 9.72 Å². The van der Waals surface area contributed by atoms with Crippen LogP contribution in [0.4, 0.5) is 0 Å². The van der Waals surface area contributed by atoms with E-state index in [4.69, 9.17) is 4.74 Å². The zero-order valence-electron chi connectivity index (χ0n) is 7.67. The predicted molar refractivity (Wildman–Crippen MR) is 48.2 cm³/mol. The van der Waals surface area contributed by atoms with E-state index in [0.29, 0.717) is 0 Å². The van der Waals surface area contributed by atoms with Gasteiger partial charge in [-0.05, 0) is 30.9 Å². The summed E-state index contributed by atoms with van der Waals surface area (Å²) in [6, 6.07) is 2.00. The number of hydrogen-bond acceptors (Lipinski definition) is 2. The molecular formula is C10H13NO2. The summed E-state index contributed by atoms with van der Waals surface area (Å²) in [5.74, 6) is -0.0614. The molecule has 2 rings (SSSR count). The van der Waals surface area contributed by atoms with Gasteiger partial charge in [0, 0.05) is 12.4 Å². The van der Waals surface area contributed by atoms with Crippen molar-refractivity contribution in [3.63, 3.8) is 0 Å². The predicted octanol–water partition coefficient (Wildman–Crippen LogP) is 1.51. The molecular weight excluding hydrogens is 166 g/mol. The number of carbonyl (C=O) groups is 1. The second-order valence-electron chi connectivity index (χ2n) is 3.67. The molecule has 0 aromatic carbocycles. The summed E-state index contributed by atoms with van der Waals surface area (Å²) in [4.78, 5) is 14.4. The van der Waals surface area contributed by atoms with Gasteiger partial charge in [-0.1, -0.05) is 0 Å². The molecule has 1 aliphatic carbocycles. The largest absolute Gasteiger partial charge is 0.469 e. The maximum Gasteiger partial charge on any atom is 0.312 e. The summed E-state index contributed by atoms with van der Waals surface area (Å²) in [6.45, 7) is 0. The zero-order valence-corrected chi connectivity index (χ0v) is 7.67. The first-order chi connectivity index (χ1) is 6.27. The van der Waals surface area contributed by atoms with Crippen LogP contribution >= 0.6 is 0 Å². The van der Waals surface area contributed by atoms with E-state index in [1.54, 1.807) is 0 Å².